The van der Waals surface area contributed by atoms with E-state index in [0.717, 1.165) is 15.9 Å². The highest BCUT2D eigenvalue weighted by Crippen LogP contribution is 2.31. The van der Waals surface area contributed by atoms with Crippen LogP contribution in [0, 0.1) is 10.1 Å². The lowest BCUT2D eigenvalue weighted by atomic mass is 10.1. The Morgan fingerprint density at radius 3 is 2.32 bits per heavy atom. The van der Waals surface area contributed by atoms with E-state index in [-0.39, 0.29) is 43.7 Å². The van der Waals surface area contributed by atoms with Crippen LogP contribution in [0.1, 0.15) is 54.3 Å². The topological polar surface area (TPSA) is 144 Å². The third-order valence-electron chi connectivity index (χ3n) is 5.44. The van der Waals surface area contributed by atoms with Gasteiger partial charge in [-0.1, -0.05) is 22.0 Å². The number of carbonyl (C=O) groups is 5. The number of fused-ring (bicyclic) bond motifs is 2. The number of nitro groups is 1. The average molecular weight is 530 g/mol. The Morgan fingerprint density at radius 1 is 0.912 bits per heavy atom. The molecule has 0 spiro atoms. The lowest BCUT2D eigenvalue weighted by Crippen LogP contribution is -2.33. The summed E-state index contributed by atoms with van der Waals surface area (Å²) >= 11 is 3.26. The molecule has 0 fully saturated rings. The third-order valence-corrected chi connectivity index (χ3v) is 5.93. The van der Waals surface area contributed by atoms with Gasteiger partial charge in [-0.25, -0.2) is 0 Å². The van der Waals surface area contributed by atoms with Gasteiger partial charge < -0.3 is 4.74 Å². The van der Waals surface area contributed by atoms with Crippen molar-refractivity contribution in [3.8, 4) is 0 Å². The van der Waals surface area contributed by atoms with E-state index in [2.05, 4.69) is 15.9 Å². The predicted molar refractivity (Wildman–Crippen MR) is 118 cm³/mol. The van der Waals surface area contributed by atoms with Crippen LogP contribution in [0.2, 0.25) is 0 Å². The molecular formula is C22H16BrN3O8. The number of amides is 4. The molecule has 34 heavy (non-hydrogen) atoms. The highest BCUT2D eigenvalue weighted by Gasteiger charge is 2.41. The summed E-state index contributed by atoms with van der Waals surface area (Å²) in [5, 5.41) is 11.1. The molecule has 174 valence electrons. The largest absolute Gasteiger partial charge is 0.466 e. The van der Waals surface area contributed by atoms with Crippen molar-refractivity contribution in [3.05, 3.63) is 73.2 Å². The van der Waals surface area contributed by atoms with Gasteiger partial charge in [-0.05, 0) is 30.7 Å². The molecular weight excluding hydrogens is 514 g/mol. The molecule has 2 aliphatic heterocycles. The first-order valence-corrected chi connectivity index (χ1v) is 10.9. The summed E-state index contributed by atoms with van der Waals surface area (Å²) in [5.74, 6) is -3.09. The zero-order chi connectivity index (χ0) is 24.6. The van der Waals surface area contributed by atoms with Crippen molar-refractivity contribution in [2.45, 2.75) is 12.8 Å². The molecule has 0 unspecified atom stereocenters. The van der Waals surface area contributed by atoms with Gasteiger partial charge in [0.1, 0.15) is 5.56 Å². The quantitative estimate of drug-likeness (QED) is 0.167. The molecule has 2 aromatic rings. The van der Waals surface area contributed by atoms with E-state index in [1.54, 1.807) is 18.2 Å². The normalized spacial score (nSPS) is 14.5. The number of nitro benzene ring substituents is 1. The van der Waals surface area contributed by atoms with Gasteiger partial charge in [0.15, 0.2) is 0 Å². The number of ether oxygens (including phenoxy) is 1. The minimum absolute atomic E-state index is 0.0549. The van der Waals surface area contributed by atoms with Crippen LogP contribution in [0.3, 0.4) is 0 Å². The van der Waals surface area contributed by atoms with Crippen molar-refractivity contribution in [2.75, 3.05) is 19.7 Å². The molecule has 0 radical (unpaired) electrons. The molecule has 0 N–H and O–H groups in total. The Balaban J connectivity index is 1.26. The SMILES string of the molecule is O=C(CCN1C(=O)c2cccc([N+](=O)[O-])c2C1=O)OCCCN1C(=O)c2ccc(Br)cc2C1=O. The summed E-state index contributed by atoms with van der Waals surface area (Å²) in [6.45, 7) is -0.321. The van der Waals surface area contributed by atoms with Crippen LogP contribution >= 0.6 is 15.9 Å². The molecule has 2 aromatic carbocycles. The number of carbonyl (C=O) groups excluding carboxylic acids is 5. The van der Waals surface area contributed by atoms with Crippen LogP contribution < -0.4 is 0 Å². The Labute approximate surface area is 200 Å². The zero-order valence-electron chi connectivity index (χ0n) is 17.5. The number of esters is 1. The summed E-state index contributed by atoms with van der Waals surface area (Å²) in [6.07, 6.45) is -0.0993. The van der Waals surface area contributed by atoms with Crippen molar-refractivity contribution in [1.29, 1.82) is 0 Å². The van der Waals surface area contributed by atoms with Crippen LogP contribution in [-0.4, -0.2) is 64.0 Å². The van der Waals surface area contributed by atoms with Crippen LogP contribution in [-0.2, 0) is 9.53 Å². The Hall–Kier alpha value is -3.93. The van der Waals surface area contributed by atoms with E-state index >= 15 is 0 Å². The molecule has 0 saturated carbocycles. The standard InChI is InChI=1S/C22H16BrN3O8/c23-12-5-6-13-15(11-12)21(30)24(19(13)28)8-2-10-34-17(27)7-9-25-20(29)14-3-1-4-16(26(32)33)18(14)22(25)31/h1,3-6,11H,2,7-10H2. The number of hydrogen-bond acceptors (Lipinski definition) is 8. The summed E-state index contributed by atoms with van der Waals surface area (Å²) in [7, 11) is 0. The molecule has 2 heterocycles. The van der Waals surface area contributed by atoms with Gasteiger partial charge in [-0.2, -0.15) is 0 Å². The van der Waals surface area contributed by atoms with Crippen molar-refractivity contribution >= 4 is 51.2 Å². The molecule has 0 aliphatic carbocycles. The number of imide groups is 2. The number of rotatable bonds is 8. The fourth-order valence-corrected chi connectivity index (χ4v) is 4.18. The van der Waals surface area contributed by atoms with E-state index in [0.29, 0.717) is 15.6 Å². The summed E-state index contributed by atoms with van der Waals surface area (Å²) in [5.41, 5.74) is -0.232. The van der Waals surface area contributed by atoms with Gasteiger partial charge >= 0.3 is 5.97 Å². The fraction of sp³-hybridized carbons (Fsp3) is 0.227. The van der Waals surface area contributed by atoms with E-state index in [4.69, 9.17) is 4.74 Å². The number of hydrogen-bond donors (Lipinski definition) is 0. The minimum Gasteiger partial charge on any atom is -0.466 e. The van der Waals surface area contributed by atoms with E-state index in [9.17, 15) is 34.1 Å². The smallest absolute Gasteiger partial charge is 0.307 e. The molecule has 0 bridgehead atoms. The monoisotopic (exact) mass is 529 g/mol. The second-order valence-corrected chi connectivity index (χ2v) is 8.41. The van der Waals surface area contributed by atoms with Gasteiger partial charge in [0, 0.05) is 23.6 Å². The van der Waals surface area contributed by atoms with Gasteiger partial charge in [0.05, 0.1) is 34.6 Å². The lowest BCUT2D eigenvalue weighted by molar-refractivity contribution is -0.385. The zero-order valence-corrected chi connectivity index (χ0v) is 19.1. The van der Waals surface area contributed by atoms with Gasteiger partial charge in [-0.3, -0.25) is 43.9 Å². The lowest BCUT2D eigenvalue weighted by Gasteiger charge is -2.15. The summed E-state index contributed by atoms with van der Waals surface area (Å²) < 4.78 is 5.76. The van der Waals surface area contributed by atoms with Crippen LogP contribution in [0.15, 0.2) is 40.9 Å². The predicted octanol–water partition coefficient (Wildman–Crippen LogP) is 2.57. The molecule has 4 amide bonds. The highest BCUT2D eigenvalue weighted by molar-refractivity contribution is 9.10. The van der Waals surface area contributed by atoms with Crippen molar-refractivity contribution in [1.82, 2.24) is 9.80 Å². The molecule has 0 atom stereocenters. The maximum absolute atomic E-state index is 12.5. The molecule has 4 rings (SSSR count). The van der Waals surface area contributed by atoms with Gasteiger partial charge in [0.25, 0.3) is 29.3 Å². The van der Waals surface area contributed by atoms with E-state index in [1.165, 1.54) is 12.1 Å². The molecule has 11 nitrogen and oxygen atoms in total. The molecule has 0 saturated heterocycles. The third kappa shape index (κ3) is 4.07. The second kappa shape index (κ2) is 9.14. The first-order chi connectivity index (χ1) is 16.2. The van der Waals surface area contributed by atoms with Gasteiger partial charge in [0.2, 0.25) is 0 Å². The first-order valence-electron chi connectivity index (χ1n) is 10.2. The number of benzene rings is 2. The minimum atomic E-state index is -0.836. The van der Waals surface area contributed by atoms with Gasteiger partial charge in [-0.15, -0.1) is 0 Å². The molecule has 2 aliphatic rings. The van der Waals surface area contributed by atoms with Crippen molar-refractivity contribution in [3.63, 3.8) is 0 Å². The van der Waals surface area contributed by atoms with Crippen LogP contribution in [0.5, 0.6) is 0 Å². The average Bonchev–Trinajstić information content (AvgIpc) is 3.19. The van der Waals surface area contributed by atoms with Crippen molar-refractivity contribution in [2.24, 2.45) is 0 Å². The van der Waals surface area contributed by atoms with Crippen LogP contribution in [0.4, 0.5) is 5.69 Å². The molecule has 12 heteroatoms. The Bertz CT molecular complexity index is 1270. The fourth-order valence-electron chi connectivity index (χ4n) is 3.82. The summed E-state index contributed by atoms with van der Waals surface area (Å²) in [4.78, 5) is 74.1. The number of nitrogens with zero attached hydrogens (tertiary/aromatic N) is 3. The van der Waals surface area contributed by atoms with Crippen LogP contribution in [0.25, 0.3) is 0 Å². The van der Waals surface area contributed by atoms with E-state index < -0.39 is 40.2 Å². The number of halogens is 1. The maximum atomic E-state index is 12.5. The maximum Gasteiger partial charge on any atom is 0.307 e. The van der Waals surface area contributed by atoms with Crippen molar-refractivity contribution < 1.29 is 33.6 Å². The van der Waals surface area contributed by atoms with E-state index in [1.807, 2.05) is 0 Å². The Morgan fingerprint density at radius 2 is 1.59 bits per heavy atom. The highest BCUT2D eigenvalue weighted by atomic mass is 79.9. The second-order valence-electron chi connectivity index (χ2n) is 7.49. The molecule has 0 aromatic heterocycles. The Kier molecular flexibility index (Phi) is 6.24. The first kappa shape index (κ1) is 23.2. The summed E-state index contributed by atoms with van der Waals surface area (Å²) in [6, 6.07) is 8.57.